The van der Waals surface area contributed by atoms with Gasteiger partial charge >= 0.3 is 6.18 Å². The van der Waals surface area contributed by atoms with Crippen LogP contribution in [0.2, 0.25) is 0 Å². The number of nitrogens with zero attached hydrogens (tertiary/aromatic N) is 2. The highest BCUT2D eigenvalue weighted by Gasteiger charge is 2.56. The molecule has 1 aromatic heterocycles. The zero-order valence-electron chi connectivity index (χ0n) is 14.8. The third-order valence-electron chi connectivity index (χ3n) is 5.32. The summed E-state index contributed by atoms with van der Waals surface area (Å²) in [5.74, 6) is 0.539. The van der Waals surface area contributed by atoms with Gasteiger partial charge in [0.25, 0.3) is 0 Å². The predicted molar refractivity (Wildman–Crippen MR) is 92.0 cm³/mol. The van der Waals surface area contributed by atoms with Gasteiger partial charge in [0, 0.05) is 17.3 Å². The maximum Gasteiger partial charge on any atom is 0.416 e. The Morgan fingerprint density at radius 1 is 1.08 bits per heavy atom. The van der Waals surface area contributed by atoms with Gasteiger partial charge in [-0.3, -0.25) is 9.69 Å². The van der Waals surface area contributed by atoms with Gasteiger partial charge in [-0.2, -0.15) is 13.2 Å². The SMILES string of the molecule is CC(C)(C)N1C(=O)[C@@]2(Cc3ccc(C(F)(F)F)cc3C2)c2cccnc21. The molecule has 0 saturated carbocycles. The number of rotatable bonds is 0. The summed E-state index contributed by atoms with van der Waals surface area (Å²) in [5.41, 5.74) is 0.220. The molecule has 1 aliphatic carbocycles. The third-order valence-corrected chi connectivity index (χ3v) is 5.32. The van der Waals surface area contributed by atoms with E-state index in [4.69, 9.17) is 0 Å². The lowest BCUT2D eigenvalue weighted by molar-refractivity contribution is -0.137. The monoisotopic (exact) mass is 360 g/mol. The molecule has 1 aliphatic heterocycles. The van der Waals surface area contributed by atoms with Crippen LogP contribution in [-0.4, -0.2) is 16.4 Å². The maximum absolute atomic E-state index is 13.4. The molecule has 1 atom stereocenters. The number of benzene rings is 1. The van der Waals surface area contributed by atoms with Gasteiger partial charge in [0.2, 0.25) is 5.91 Å². The summed E-state index contributed by atoms with van der Waals surface area (Å²) in [5, 5.41) is 0. The molecule has 0 saturated heterocycles. The number of amides is 1. The zero-order valence-corrected chi connectivity index (χ0v) is 14.8. The molecular weight excluding hydrogens is 341 g/mol. The van der Waals surface area contributed by atoms with Crippen molar-refractivity contribution in [3.63, 3.8) is 0 Å². The van der Waals surface area contributed by atoms with Crippen LogP contribution in [0, 0.1) is 0 Å². The predicted octanol–water partition coefficient (Wildman–Crippen LogP) is 4.28. The number of halogens is 3. The summed E-state index contributed by atoms with van der Waals surface area (Å²) in [7, 11) is 0. The van der Waals surface area contributed by atoms with Crippen molar-refractivity contribution in [2.45, 2.75) is 50.7 Å². The standard InChI is InChI=1S/C20H19F3N2O/c1-18(2,3)25-16-15(5-4-8-24-16)19(17(25)26)10-12-6-7-14(20(21,22)23)9-13(12)11-19/h4-9H,10-11H2,1-3H3/t19-/m1/s1. The van der Waals surface area contributed by atoms with Gasteiger partial charge in [-0.15, -0.1) is 0 Å². The summed E-state index contributed by atoms with van der Waals surface area (Å²) in [4.78, 5) is 19.6. The summed E-state index contributed by atoms with van der Waals surface area (Å²) < 4.78 is 39.2. The van der Waals surface area contributed by atoms with Crippen molar-refractivity contribution in [2.24, 2.45) is 0 Å². The molecule has 0 unspecified atom stereocenters. The summed E-state index contributed by atoms with van der Waals surface area (Å²) in [6.07, 6.45) is -2.06. The maximum atomic E-state index is 13.4. The molecule has 2 aromatic rings. The average Bonchev–Trinajstić information content (AvgIpc) is 3.03. The van der Waals surface area contributed by atoms with E-state index in [-0.39, 0.29) is 12.3 Å². The first-order chi connectivity index (χ1) is 12.0. The lowest BCUT2D eigenvalue weighted by atomic mass is 9.79. The number of hydrogen-bond acceptors (Lipinski definition) is 2. The summed E-state index contributed by atoms with van der Waals surface area (Å²) in [6.45, 7) is 5.81. The minimum Gasteiger partial charge on any atom is -0.290 e. The number of carbonyl (C=O) groups is 1. The van der Waals surface area contributed by atoms with Crippen LogP contribution >= 0.6 is 0 Å². The normalized spacial score (nSPS) is 22.1. The van der Waals surface area contributed by atoms with E-state index in [1.165, 1.54) is 12.1 Å². The van der Waals surface area contributed by atoms with Crippen LogP contribution in [0.5, 0.6) is 0 Å². The highest BCUT2D eigenvalue weighted by atomic mass is 19.4. The first-order valence-electron chi connectivity index (χ1n) is 8.53. The third kappa shape index (κ3) is 2.27. The van der Waals surface area contributed by atoms with Gasteiger partial charge in [-0.1, -0.05) is 12.1 Å². The Kier molecular flexibility index (Phi) is 3.34. The van der Waals surface area contributed by atoms with Crippen LogP contribution in [-0.2, 0) is 29.2 Å². The molecule has 1 amide bonds. The van der Waals surface area contributed by atoms with Crippen molar-refractivity contribution in [2.75, 3.05) is 4.90 Å². The molecule has 0 fully saturated rings. The van der Waals surface area contributed by atoms with Crippen LogP contribution in [0.4, 0.5) is 19.0 Å². The smallest absolute Gasteiger partial charge is 0.290 e. The van der Waals surface area contributed by atoms with Crippen LogP contribution in [0.25, 0.3) is 0 Å². The highest BCUT2D eigenvalue weighted by molar-refractivity contribution is 6.09. The number of fused-ring (bicyclic) bond motifs is 3. The van der Waals surface area contributed by atoms with E-state index in [0.29, 0.717) is 17.8 Å². The Bertz CT molecular complexity index is 914. The van der Waals surface area contributed by atoms with E-state index in [1.54, 1.807) is 17.2 Å². The Labute approximate surface area is 149 Å². The first kappa shape index (κ1) is 17.1. The van der Waals surface area contributed by atoms with E-state index in [1.807, 2.05) is 26.8 Å². The van der Waals surface area contributed by atoms with Crippen LogP contribution in [0.15, 0.2) is 36.5 Å². The molecule has 2 heterocycles. The zero-order chi connectivity index (χ0) is 18.9. The van der Waals surface area contributed by atoms with Gasteiger partial charge < -0.3 is 0 Å². The molecule has 4 rings (SSSR count). The molecule has 26 heavy (non-hydrogen) atoms. The number of hydrogen-bond donors (Lipinski definition) is 0. The van der Waals surface area contributed by atoms with E-state index < -0.39 is 22.7 Å². The molecule has 6 heteroatoms. The fourth-order valence-corrected chi connectivity index (χ4v) is 4.19. The van der Waals surface area contributed by atoms with Crippen molar-refractivity contribution in [1.82, 2.24) is 4.98 Å². The van der Waals surface area contributed by atoms with Crippen LogP contribution < -0.4 is 4.90 Å². The van der Waals surface area contributed by atoms with Gasteiger partial charge in [0.05, 0.1) is 11.0 Å². The van der Waals surface area contributed by atoms with Crippen molar-refractivity contribution in [3.05, 3.63) is 58.8 Å². The summed E-state index contributed by atoms with van der Waals surface area (Å²) in [6, 6.07) is 7.46. The van der Waals surface area contributed by atoms with Gasteiger partial charge in [-0.25, -0.2) is 4.98 Å². The molecule has 1 aromatic carbocycles. The fourth-order valence-electron chi connectivity index (χ4n) is 4.19. The Balaban J connectivity index is 1.84. The highest BCUT2D eigenvalue weighted by Crippen LogP contribution is 2.51. The topological polar surface area (TPSA) is 33.2 Å². The van der Waals surface area contributed by atoms with Crippen LogP contribution in [0.1, 0.15) is 43.0 Å². The quantitative estimate of drug-likeness (QED) is 0.702. The second-order valence-corrected chi connectivity index (χ2v) is 8.10. The minimum absolute atomic E-state index is 0.0801. The van der Waals surface area contributed by atoms with Gasteiger partial charge in [0.15, 0.2) is 0 Å². The molecule has 0 N–H and O–H groups in total. The van der Waals surface area contributed by atoms with E-state index in [2.05, 4.69) is 4.98 Å². The second kappa shape index (κ2) is 5.09. The number of alkyl halides is 3. The number of aromatic nitrogens is 1. The van der Waals surface area contributed by atoms with Gasteiger partial charge in [0.1, 0.15) is 5.82 Å². The molecular formula is C20H19F3N2O. The lowest BCUT2D eigenvalue weighted by Crippen LogP contribution is -2.49. The molecule has 0 radical (unpaired) electrons. The summed E-state index contributed by atoms with van der Waals surface area (Å²) >= 11 is 0. The molecule has 2 aliphatic rings. The minimum atomic E-state index is -4.39. The molecule has 0 bridgehead atoms. The second-order valence-electron chi connectivity index (χ2n) is 8.10. The van der Waals surface area contributed by atoms with Crippen molar-refractivity contribution >= 4 is 11.7 Å². The largest absolute Gasteiger partial charge is 0.416 e. The number of pyridine rings is 1. The number of carbonyl (C=O) groups excluding carboxylic acids is 1. The first-order valence-corrected chi connectivity index (χ1v) is 8.53. The van der Waals surface area contributed by atoms with Crippen molar-refractivity contribution < 1.29 is 18.0 Å². The van der Waals surface area contributed by atoms with Crippen molar-refractivity contribution in [3.8, 4) is 0 Å². The van der Waals surface area contributed by atoms with Crippen molar-refractivity contribution in [1.29, 1.82) is 0 Å². The number of anilines is 1. The Morgan fingerprint density at radius 2 is 1.77 bits per heavy atom. The lowest BCUT2D eigenvalue weighted by Gasteiger charge is -2.33. The van der Waals surface area contributed by atoms with Gasteiger partial charge in [-0.05, 0) is 62.9 Å². The van der Waals surface area contributed by atoms with Crippen LogP contribution in [0.3, 0.4) is 0 Å². The molecule has 3 nitrogen and oxygen atoms in total. The fraction of sp³-hybridized carbons (Fsp3) is 0.400. The molecule has 136 valence electrons. The average molecular weight is 360 g/mol. The van der Waals surface area contributed by atoms with E-state index in [9.17, 15) is 18.0 Å². The Hall–Kier alpha value is -2.37. The molecule has 1 spiro atoms. The van der Waals surface area contributed by atoms with E-state index >= 15 is 0 Å². The Morgan fingerprint density at radius 3 is 2.42 bits per heavy atom. The van der Waals surface area contributed by atoms with E-state index in [0.717, 1.165) is 17.2 Å².